The molecule has 21 heavy (non-hydrogen) atoms. The zero-order valence-electron chi connectivity index (χ0n) is 10.3. The van der Waals surface area contributed by atoms with E-state index in [4.69, 9.17) is 4.55 Å². The summed E-state index contributed by atoms with van der Waals surface area (Å²) in [6, 6.07) is 6.59. The molecule has 0 radical (unpaired) electrons. The Morgan fingerprint density at radius 3 is 2.14 bits per heavy atom. The maximum atomic E-state index is 11.5. The van der Waals surface area contributed by atoms with E-state index in [2.05, 4.69) is 4.98 Å². The van der Waals surface area contributed by atoms with E-state index >= 15 is 0 Å². The monoisotopic (exact) mass is 327 g/mol. The van der Waals surface area contributed by atoms with Crippen LogP contribution in [-0.4, -0.2) is 30.9 Å². The highest BCUT2D eigenvalue weighted by Crippen LogP contribution is 2.32. The van der Waals surface area contributed by atoms with E-state index in [0.717, 1.165) is 12.1 Å². The molecule has 0 aliphatic carbocycles. The number of rotatable bonds is 2. The third-order valence-corrected chi connectivity index (χ3v) is 4.90. The smallest absolute Gasteiger partial charge is 0.295 e. The standard InChI is InChI=1S/C12H9NO6S2/c14-20(15,16)7-5-10-8-3-4-13-11(8)2-1-9(10)12(6-7)21(17,18)19/h1-6,13H,(H,14,15,16)(H,17,18,19). The van der Waals surface area contributed by atoms with Gasteiger partial charge in [-0.05, 0) is 29.7 Å². The van der Waals surface area contributed by atoms with Gasteiger partial charge in [-0.2, -0.15) is 16.8 Å². The van der Waals surface area contributed by atoms with Gasteiger partial charge < -0.3 is 4.98 Å². The summed E-state index contributed by atoms with van der Waals surface area (Å²) in [5.41, 5.74) is 0.663. The molecule has 0 saturated carbocycles. The molecule has 9 heteroatoms. The van der Waals surface area contributed by atoms with Gasteiger partial charge in [0, 0.05) is 22.5 Å². The van der Waals surface area contributed by atoms with E-state index in [1.165, 1.54) is 6.07 Å². The Bertz CT molecular complexity index is 1080. The van der Waals surface area contributed by atoms with Crippen molar-refractivity contribution in [3.8, 4) is 0 Å². The van der Waals surface area contributed by atoms with Crippen LogP contribution in [0, 0.1) is 0 Å². The molecule has 0 saturated heterocycles. The van der Waals surface area contributed by atoms with Crippen molar-refractivity contribution in [2.75, 3.05) is 0 Å². The lowest BCUT2D eigenvalue weighted by atomic mass is 10.1. The highest BCUT2D eigenvalue weighted by atomic mass is 32.2. The fourth-order valence-electron chi connectivity index (χ4n) is 2.28. The second-order valence-electron chi connectivity index (χ2n) is 4.47. The van der Waals surface area contributed by atoms with Crippen molar-refractivity contribution >= 4 is 41.9 Å². The Kier molecular flexibility index (Phi) is 2.85. The lowest BCUT2D eigenvalue weighted by Crippen LogP contribution is -2.04. The fourth-order valence-corrected chi connectivity index (χ4v) is 3.62. The van der Waals surface area contributed by atoms with Crippen LogP contribution in [0.3, 0.4) is 0 Å². The average molecular weight is 327 g/mol. The van der Waals surface area contributed by atoms with E-state index < -0.39 is 30.0 Å². The first kappa shape index (κ1) is 14.0. The lowest BCUT2D eigenvalue weighted by Gasteiger charge is -2.08. The molecule has 0 spiro atoms. The van der Waals surface area contributed by atoms with Crippen molar-refractivity contribution < 1.29 is 25.9 Å². The zero-order valence-corrected chi connectivity index (χ0v) is 11.9. The molecule has 0 unspecified atom stereocenters. The highest BCUT2D eigenvalue weighted by molar-refractivity contribution is 7.86. The molecule has 1 aromatic heterocycles. The van der Waals surface area contributed by atoms with Gasteiger partial charge in [0.05, 0.1) is 4.90 Å². The fraction of sp³-hybridized carbons (Fsp3) is 0. The molecular formula is C12H9NO6S2. The summed E-state index contributed by atoms with van der Waals surface area (Å²) in [5.74, 6) is 0. The van der Waals surface area contributed by atoms with Crippen LogP contribution >= 0.6 is 0 Å². The van der Waals surface area contributed by atoms with E-state index in [9.17, 15) is 21.4 Å². The van der Waals surface area contributed by atoms with Crippen LogP contribution in [0.4, 0.5) is 0 Å². The highest BCUT2D eigenvalue weighted by Gasteiger charge is 2.21. The predicted molar refractivity (Wildman–Crippen MR) is 75.4 cm³/mol. The number of hydrogen-bond acceptors (Lipinski definition) is 4. The third-order valence-electron chi connectivity index (χ3n) is 3.18. The molecule has 0 bridgehead atoms. The minimum atomic E-state index is -4.65. The largest absolute Gasteiger partial charge is 0.361 e. The molecule has 0 atom stereocenters. The number of nitrogens with one attached hydrogen (secondary N) is 1. The summed E-state index contributed by atoms with van der Waals surface area (Å²) >= 11 is 0. The maximum Gasteiger partial charge on any atom is 0.295 e. The third kappa shape index (κ3) is 2.29. The molecule has 0 amide bonds. The van der Waals surface area contributed by atoms with Crippen LogP contribution in [0.2, 0.25) is 0 Å². The van der Waals surface area contributed by atoms with Gasteiger partial charge in [-0.1, -0.05) is 6.07 Å². The van der Waals surface area contributed by atoms with Gasteiger partial charge in [0.15, 0.2) is 0 Å². The van der Waals surface area contributed by atoms with E-state index in [1.807, 2.05) is 0 Å². The Labute approximate surface area is 119 Å². The summed E-state index contributed by atoms with van der Waals surface area (Å²) in [7, 11) is -9.26. The first-order valence-corrected chi connectivity index (χ1v) is 8.55. The first-order valence-electron chi connectivity index (χ1n) is 5.67. The van der Waals surface area contributed by atoms with Gasteiger partial charge >= 0.3 is 0 Å². The molecular weight excluding hydrogens is 318 g/mol. The molecule has 3 N–H and O–H groups in total. The van der Waals surface area contributed by atoms with E-state index in [1.54, 1.807) is 18.3 Å². The van der Waals surface area contributed by atoms with E-state index in [-0.39, 0.29) is 10.8 Å². The number of aromatic nitrogens is 1. The lowest BCUT2D eigenvalue weighted by molar-refractivity contribution is 0.482. The van der Waals surface area contributed by atoms with Crippen molar-refractivity contribution in [3.63, 3.8) is 0 Å². The molecule has 110 valence electrons. The summed E-state index contributed by atoms with van der Waals surface area (Å²) in [6.45, 7) is 0. The van der Waals surface area contributed by atoms with Crippen LogP contribution in [0.1, 0.15) is 0 Å². The second kappa shape index (κ2) is 4.28. The first-order chi connectivity index (χ1) is 9.68. The SMILES string of the molecule is O=S(=O)(O)c1cc(S(=O)(=O)O)c2ccc3[nH]ccc3c2c1. The van der Waals surface area contributed by atoms with Crippen molar-refractivity contribution in [3.05, 3.63) is 36.5 Å². The van der Waals surface area contributed by atoms with Crippen LogP contribution in [0.25, 0.3) is 21.7 Å². The van der Waals surface area contributed by atoms with Gasteiger partial charge in [0.25, 0.3) is 20.2 Å². The Morgan fingerprint density at radius 2 is 1.52 bits per heavy atom. The molecule has 3 rings (SSSR count). The summed E-state index contributed by atoms with van der Waals surface area (Å²) < 4.78 is 64.0. The number of aromatic amines is 1. The van der Waals surface area contributed by atoms with Gasteiger partial charge in [0.2, 0.25) is 0 Å². The molecule has 0 aliphatic rings. The van der Waals surface area contributed by atoms with Crippen LogP contribution in [0.15, 0.2) is 46.3 Å². The number of hydrogen-bond donors (Lipinski definition) is 3. The summed E-state index contributed by atoms with van der Waals surface area (Å²) in [4.78, 5) is 1.73. The molecule has 1 heterocycles. The van der Waals surface area contributed by atoms with Crippen molar-refractivity contribution in [2.45, 2.75) is 9.79 Å². The quantitative estimate of drug-likeness (QED) is 0.617. The number of H-pyrrole nitrogens is 1. The molecule has 0 fully saturated rings. The number of fused-ring (bicyclic) bond motifs is 3. The molecule has 2 aromatic carbocycles. The van der Waals surface area contributed by atoms with E-state index in [0.29, 0.717) is 10.9 Å². The minimum Gasteiger partial charge on any atom is -0.361 e. The predicted octanol–water partition coefficient (Wildman–Crippen LogP) is 1.81. The minimum absolute atomic E-state index is 0.164. The van der Waals surface area contributed by atoms with Crippen LogP contribution in [-0.2, 0) is 20.2 Å². The Hall–Kier alpha value is -1.94. The van der Waals surface area contributed by atoms with Crippen LogP contribution < -0.4 is 0 Å². The second-order valence-corrected chi connectivity index (χ2v) is 7.28. The van der Waals surface area contributed by atoms with Gasteiger partial charge in [0.1, 0.15) is 4.90 Å². The normalized spacial score (nSPS) is 13.0. The summed E-state index contributed by atoms with van der Waals surface area (Å²) in [5, 5.41) is 1.02. The van der Waals surface area contributed by atoms with Crippen molar-refractivity contribution in [1.29, 1.82) is 0 Å². The summed E-state index contributed by atoms with van der Waals surface area (Å²) in [6.07, 6.45) is 1.61. The Morgan fingerprint density at radius 1 is 0.810 bits per heavy atom. The van der Waals surface area contributed by atoms with Gasteiger partial charge in [-0.3, -0.25) is 9.11 Å². The Balaban J connectivity index is 2.62. The average Bonchev–Trinajstić information content (AvgIpc) is 2.83. The van der Waals surface area contributed by atoms with Crippen LogP contribution in [0.5, 0.6) is 0 Å². The molecule has 3 aromatic rings. The maximum absolute atomic E-state index is 11.5. The van der Waals surface area contributed by atoms with Crippen molar-refractivity contribution in [1.82, 2.24) is 4.98 Å². The molecule has 0 aliphatic heterocycles. The van der Waals surface area contributed by atoms with Crippen molar-refractivity contribution in [2.24, 2.45) is 0 Å². The van der Waals surface area contributed by atoms with Gasteiger partial charge in [-0.15, -0.1) is 0 Å². The zero-order chi connectivity index (χ0) is 15.4. The number of benzene rings is 2. The topological polar surface area (TPSA) is 125 Å². The van der Waals surface area contributed by atoms with Gasteiger partial charge in [-0.25, -0.2) is 0 Å². The molecule has 7 nitrogen and oxygen atoms in total.